The molecular weight excluding hydrogens is 488 g/mol. The van der Waals surface area contributed by atoms with E-state index < -0.39 is 23.6 Å². The second kappa shape index (κ2) is 8.34. The number of carbonyl (C=O) groups excluding carboxylic acids is 1. The zero-order chi connectivity index (χ0) is 19.5. The molecule has 2 rings (SSSR count). The lowest BCUT2D eigenvalue weighted by atomic mass is 10.1. The maximum absolute atomic E-state index is 13.3. The highest BCUT2D eigenvalue weighted by Crippen LogP contribution is 2.39. The highest BCUT2D eigenvalue weighted by Gasteiger charge is 2.35. The summed E-state index contributed by atoms with van der Waals surface area (Å²) in [7, 11) is 1.15. The number of hydrogen-bond acceptors (Lipinski definition) is 4. The molecule has 0 aliphatic rings. The van der Waals surface area contributed by atoms with Crippen LogP contribution in [0.1, 0.15) is 16.7 Å². The summed E-state index contributed by atoms with van der Waals surface area (Å²) in [5.41, 5.74) is -0.237. The zero-order valence-corrected chi connectivity index (χ0v) is 16.5. The molecule has 0 aliphatic heterocycles. The van der Waals surface area contributed by atoms with Crippen molar-refractivity contribution in [1.29, 1.82) is 0 Å². The first kappa shape index (κ1) is 20.6. The quantitative estimate of drug-likeness (QED) is 0.294. The molecule has 0 heterocycles. The van der Waals surface area contributed by atoms with E-state index in [1.54, 1.807) is 12.1 Å². The van der Waals surface area contributed by atoms with Crippen LogP contribution in [0.2, 0.25) is 5.02 Å². The summed E-state index contributed by atoms with van der Waals surface area (Å²) < 4.78 is 55.2. The van der Waals surface area contributed by atoms with Crippen molar-refractivity contribution >= 4 is 40.3 Å². The van der Waals surface area contributed by atoms with Gasteiger partial charge in [-0.3, -0.25) is 0 Å². The summed E-state index contributed by atoms with van der Waals surface area (Å²) in [5, 5.41) is 0.154. The molecule has 0 spiro atoms. The Balaban J connectivity index is 2.35. The van der Waals surface area contributed by atoms with Gasteiger partial charge in [0.15, 0.2) is 0 Å². The van der Waals surface area contributed by atoms with Crippen molar-refractivity contribution in [2.75, 3.05) is 7.11 Å². The van der Waals surface area contributed by atoms with Crippen LogP contribution >= 0.6 is 34.2 Å². The van der Waals surface area contributed by atoms with Gasteiger partial charge in [-0.25, -0.2) is 4.79 Å². The molecule has 9 heteroatoms. The normalized spacial score (nSPS) is 11.2. The van der Waals surface area contributed by atoms with Gasteiger partial charge >= 0.3 is 12.3 Å². The third kappa shape index (κ3) is 4.94. The van der Waals surface area contributed by atoms with Gasteiger partial charge < -0.3 is 14.2 Å². The van der Waals surface area contributed by atoms with Crippen LogP contribution in [-0.4, -0.2) is 13.3 Å². The van der Waals surface area contributed by atoms with E-state index in [0.717, 1.165) is 19.2 Å². The van der Waals surface area contributed by atoms with Gasteiger partial charge in [-0.2, -0.15) is 13.2 Å². The van der Waals surface area contributed by atoms with E-state index in [1.165, 1.54) is 13.0 Å². The Kier molecular flexibility index (Phi) is 6.62. The summed E-state index contributed by atoms with van der Waals surface area (Å²) in [5.74, 6) is -0.271. The van der Waals surface area contributed by atoms with Crippen molar-refractivity contribution in [2.24, 2.45) is 0 Å². The molecule has 0 aliphatic carbocycles. The Labute approximate surface area is 166 Å². The first-order chi connectivity index (χ1) is 12.1. The van der Waals surface area contributed by atoms with Gasteiger partial charge in [0.2, 0.25) is 0 Å². The van der Waals surface area contributed by atoms with Crippen molar-refractivity contribution < 1.29 is 32.2 Å². The van der Waals surface area contributed by atoms with Crippen LogP contribution in [0.25, 0.3) is 0 Å². The number of aryl methyl sites for hydroxylation is 1. The van der Waals surface area contributed by atoms with Crippen LogP contribution in [0.3, 0.4) is 0 Å². The Morgan fingerprint density at radius 3 is 2.54 bits per heavy atom. The Bertz CT molecular complexity index is 824. The van der Waals surface area contributed by atoms with Crippen molar-refractivity contribution in [3.63, 3.8) is 0 Å². The van der Waals surface area contributed by atoms with Crippen LogP contribution in [0, 0.1) is 10.5 Å². The van der Waals surface area contributed by atoms with Gasteiger partial charge in [-0.1, -0.05) is 17.7 Å². The van der Waals surface area contributed by atoms with Crippen LogP contribution in [-0.2, 0) is 17.5 Å². The number of alkyl halides is 3. The molecule has 0 aromatic heterocycles. The summed E-state index contributed by atoms with van der Waals surface area (Å²) >= 11 is 7.90. The fourth-order valence-corrected chi connectivity index (χ4v) is 2.84. The van der Waals surface area contributed by atoms with E-state index in [9.17, 15) is 18.0 Å². The maximum Gasteiger partial charge on any atom is 0.513 e. The molecule has 0 radical (unpaired) electrons. The Morgan fingerprint density at radius 2 is 1.92 bits per heavy atom. The number of hydrogen-bond donors (Lipinski definition) is 0. The first-order valence-electron chi connectivity index (χ1n) is 7.16. The van der Waals surface area contributed by atoms with E-state index in [-0.39, 0.29) is 22.9 Å². The van der Waals surface area contributed by atoms with E-state index >= 15 is 0 Å². The third-order valence-corrected chi connectivity index (χ3v) is 4.79. The van der Waals surface area contributed by atoms with Crippen molar-refractivity contribution in [1.82, 2.24) is 0 Å². The van der Waals surface area contributed by atoms with Gasteiger partial charge in [0.05, 0.1) is 12.7 Å². The number of halogens is 5. The molecule has 2 aromatic rings. The molecule has 0 unspecified atom stereocenters. The molecule has 26 heavy (non-hydrogen) atoms. The molecule has 0 saturated heterocycles. The maximum atomic E-state index is 13.3. The Hall–Kier alpha value is -1.68. The minimum absolute atomic E-state index is 0.135. The fraction of sp³-hybridized carbons (Fsp3) is 0.235. The standard InChI is InChI=1S/C17H13ClF3IO4/c1-9-6-11(17(19,20)21)15(7-12(9)18)25-8-10-13(22)4-3-5-14(10)26-16(23)24-2/h3-7H,8H2,1-2H3. The van der Waals surface area contributed by atoms with Gasteiger partial charge in [-0.05, 0) is 59.3 Å². The summed E-state index contributed by atoms with van der Waals surface area (Å²) in [4.78, 5) is 11.3. The summed E-state index contributed by atoms with van der Waals surface area (Å²) in [6.45, 7) is 1.22. The number of methoxy groups -OCH3 is 1. The smallest absolute Gasteiger partial charge is 0.488 e. The molecule has 2 aromatic carbocycles. The lowest BCUT2D eigenvalue weighted by Crippen LogP contribution is -2.12. The molecule has 140 valence electrons. The molecule has 0 N–H and O–H groups in total. The van der Waals surface area contributed by atoms with E-state index in [1.807, 2.05) is 22.6 Å². The fourth-order valence-electron chi connectivity index (χ4n) is 2.06. The zero-order valence-electron chi connectivity index (χ0n) is 13.6. The summed E-state index contributed by atoms with van der Waals surface area (Å²) in [6.07, 6.45) is -5.54. The molecule has 0 saturated carbocycles. The van der Waals surface area contributed by atoms with Gasteiger partial charge in [0.25, 0.3) is 0 Å². The van der Waals surface area contributed by atoms with E-state index in [0.29, 0.717) is 9.13 Å². The summed E-state index contributed by atoms with van der Waals surface area (Å²) in [6, 6.07) is 6.88. The topological polar surface area (TPSA) is 44.8 Å². The van der Waals surface area contributed by atoms with Crippen LogP contribution in [0.15, 0.2) is 30.3 Å². The van der Waals surface area contributed by atoms with E-state index in [2.05, 4.69) is 4.74 Å². The van der Waals surface area contributed by atoms with Crippen LogP contribution in [0.5, 0.6) is 11.5 Å². The molecule has 4 nitrogen and oxygen atoms in total. The molecular formula is C17H13ClF3IO4. The SMILES string of the molecule is COC(=O)Oc1cccc(I)c1COc1cc(Cl)c(C)cc1C(F)(F)F. The minimum atomic E-state index is -4.60. The second-order valence-electron chi connectivity index (χ2n) is 5.16. The van der Waals surface area contributed by atoms with Crippen LogP contribution in [0.4, 0.5) is 18.0 Å². The van der Waals surface area contributed by atoms with Crippen molar-refractivity contribution in [3.05, 3.63) is 55.6 Å². The van der Waals surface area contributed by atoms with E-state index in [4.69, 9.17) is 21.1 Å². The predicted octanol–water partition coefficient (Wildman–Crippen LogP) is 6.00. The number of ether oxygens (including phenoxy) is 3. The predicted molar refractivity (Wildman–Crippen MR) is 97.7 cm³/mol. The lowest BCUT2D eigenvalue weighted by Gasteiger charge is -2.17. The molecule has 0 bridgehead atoms. The average molecular weight is 501 g/mol. The van der Waals surface area contributed by atoms with Gasteiger partial charge in [0, 0.05) is 14.2 Å². The second-order valence-corrected chi connectivity index (χ2v) is 6.73. The minimum Gasteiger partial charge on any atom is -0.488 e. The third-order valence-electron chi connectivity index (χ3n) is 3.37. The van der Waals surface area contributed by atoms with Crippen LogP contribution < -0.4 is 9.47 Å². The highest BCUT2D eigenvalue weighted by atomic mass is 127. The lowest BCUT2D eigenvalue weighted by molar-refractivity contribution is -0.139. The molecule has 0 atom stereocenters. The number of rotatable bonds is 4. The number of carbonyl (C=O) groups is 1. The molecule has 0 fully saturated rings. The highest BCUT2D eigenvalue weighted by molar-refractivity contribution is 14.1. The first-order valence-corrected chi connectivity index (χ1v) is 8.62. The molecule has 0 amide bonds. The largest absolute Gasteiger partial charge is 0.513 e. The van der Waals surface area contributed by atoms with Gasteiger partial charge in [0.1, 0.15) is 18.1 Å². The monoisotopic (exact) mass is 500 g/mol. The van der Waals surface area contributed by atoms with Crippen molar-refractivity contribution in [3.8, 4) is 11.5 Å². The Morgan fingerprint density at radius 1 is 1.23 bits per heavy atom. The van der Waals surface area contributed by atoms with Crippen molar-refractivity contribution in [2.45, 2.75) is 19.7 Å². The number of benzene rings is 2. The van der Waals surface area contributed by atoms with Gasteiger partial charge in [-0.15, -0.1) is 0 Å². The average Bonchev–Trinajstić information content (AvgIpc) is 2.56.